The maximum atomic E-state index is 5.41. The van der Waals surface area contributed by atoms with Gasteiger partial charge in [0.25, 0.3) is 0 Å². The number of H-pyrrole nitrogens is 1. The van der Waals surface area contributed by atoms with Crippen molar-refractivity contribution < 1.29 is 4.74 Å². The van der Waals surface area contributed by atoms with Gasteiger partial charge in [0.05, 0.1) is 5.60 Å². The lowest BCUT2D eigenvalue weighted by Crippen LogP contribution is -2.45. The van der Waals surface area contributed by atoms with Gasteiger partial charge in [0.1, 0.15) is 0 Å². The van der Waals surface area contributed by atoms with E-state index in [0.29, 0.717) is 6.54 Å². The van der Waals surface area contributed by atoms with Crippen LogP contribution in [0.4, 0.5) is 0 Å². The van der Waals surface area contributed by atoms with Gasteiger partial charge in [-0.1, -0.05) is 12.1 Å². The SMILES string of the molecule is CN=C(NCCc1c[nH]c2cccc(C)c12)NCC(C)(C)OC. The summed E-state index contributed by atoms with van der Waals surface area (Å²) in [4.78, 5) is 7.60. The first kappa shape index (κ1) is 17.3. The lowest BCUT2D eigenvalue weighted by Gasteiger charge is -2.24. The number of benzene rings is 1. The molecule has 0 radical (unpaired) electrons. The van der Waals surface area contributed by atoms with Crippen LogP contribution >= 0.6 is 0 Å². The van der Waals surface area contributed by atoms with Gasteiger partial charge in [0, 0.05) is 44.3 Å². The largest absolute Gasteiger partial charge is 0.377 e. The molecule has 5 nitrogen and oxygen atoms in total. The first-order valence-corrected chi connectivity index (χ1v) is 8.02. The Kier molecular flexibility index (Phi) is 5.66. The molecule has 2 rings (SSSR count). The number of guanidine groups is 1. The van der Waals surface area contributed by atoms with Crippen LogP contribution in [0.1, 0.15) is 25.0 Å². The average molecular weight is 316 g/mol. The number of aromatic amines is 1. The van der Waals surface area contributed by atoms with Crippen LogP contribution in [0.5, 0.6) is 0 Å². The van der Waals surface area contributed by atoms with E-state index in [1.807, 2.05) is 13.8 Å². The van der Waals surface area contributed by atoms with Crippen molar-refractivity contribution in [3.8, 4) is 0 Å². The maximum absolute atomic E-state index is 5.41. The average Bonchev–Trinajstić information content (AvgIpc) is 2.95. The monoisotopic (exact) mass is 316 g/mol. The van der Waals surface area contributed by atoms with Gasteiger partial charge in [-0.3, -0.25) is 4.99 Å². The van der Waals surface area contributed by atoms with Gasteiger partial charge in [-0.05, 0) is 44.4 Å². The Balaban J connectivity index is 1.90. The number of aliphatic imine (C=N–C) groups is 1. The van der Waals surface area contributed by atoms with E-state index in [1.165, 1.54) is 22.0 Å². The van der Waals surface area contributed by atoms with Gasteiger partial charge in [0.15, 0.2) is 5.96 Å². The Morgan fingerprint density at radius 3 is 2.78 bits per heavy atom. The van der Waals surface area contributed by atoms with E-state index < -0.39 is 0 Å². The van der Waals surface area contributed by atoms with E-state index in [0.717, 1.165) is 18.9 Å². The third kappa shape index (κ3) is 4.48. The van der Waals surface area contributed by atoms with Crippen molar-refractivity contribution in [2.75, 3.05) is 27.2 Å². The molecule has 0 fully saturated rings. The molecular formula is C18H28N4O. The first-order valence-electron chi connectivity index (χ1n) is 8.02. The summed E-state index contributed by atoms with van der Waals surface area (Å²) >= 11 is 0. The molecule has 5 heteroatoms. The van der Waals surface area contributed by atoms with Gasteiger partial charge in [-0.2, -0.15) is 0 Å². The summed E-state index contributed by atoms with van der Waals surface area (Å²) in [6.45, 7) is 7.77. The molecule has 0 aliphatic rings. The molecule has 1 aromatic heterocycles. The quantitative estimate of drug-likeness (QED) is 0.567. The van der Waals surface area contributed by atoms with Crippen LogP contribution in [-0.4, -0.2) is 43.8 Å². The number of ether oxygens (including phenoxy) is 1. The number of aromatic nitrogens is 1. The maximum Gasteiger partial charge on any atom is 0.191 e. The third-order valence-corrected chi connectivity index (χ3v) is 4.14. The smallest absolute Gasteiger partial charge is 0.191 e. The predicted octanol–water partition coefficient (Wildman–Crippen LogP) is 2.61. The zero-order chi connectivity index (χ0) is 16.9. The summed E-state index contributed by atoms with van der Waals surface area (Å²) in [6.07, 6.45) is 3.04. The van der Waals surface area contributed by atoms with Gasteiger partial charge in [-0.25, -0.2) is 0 Å². The summed E-state index contributed by atoms with van der Waals surface area (Å²) < 4.78 is 5.41. The van der Waals surface area contributed by atoms with E-state index in [2.05, 4.69) is 51.9 Å². The Bertz CT molecular complexity index is 673. The van der Waals surface area contributed by atoms with Crippen molar-refractivity contribution in [1.29, 1.82) is 0 Å². The molecule has 0 amide bonds. The highest BCUT2D eigenvalue weighted by molar-refractivity contribution is 5.86. The second kappa shape index (κ2) is 7.51. The number of rotatable bonds is 6. The van der Waals surface area contributed by atoms with Crippen molar-refractivity contribution in [3.05, 3.63) is 35.5 Å². The minimum Gasteiger partial charge on any atom is -0.377 e. The van der Waals surface area contributed by atoms with Crippen molar-refractivity contribution in [2.45, 2.75) is 32.8 Å². The first-order chi connectivity index (χ1) is 11.0. The highest BCUT2D eigenvalue weighted by atomic mass is 16.5. The minimum atomic E-state index is -0.217. The standard InChI is InChI=1S/C18H28N4O/c1-13-7-6-8-15-16(13)14(11-21-15)9-10-20-17(19-4)22-12-18(2,3)23-5/h6-8,11,21H,9-10,12H2,1-5H3,(H2,19,20,22). The Morgan fingerprint density at radius 2 is 2.09 bits per heavy atom. The molecule has 0 unspecified atom stereocenters. The van der Waals surface area contributed by atoms with E-state index in [1.54, 1.807) is 14.2 Å². The molecule has 126 valence electrons. The van der Waals surface area contributed by atoms with E-state index in [-0.39, 0.29) is 5.60 Å². The van der Waals surface area contributed by atoms with Crippen molar-refractivity contribution in [2.24, 2.45) is 4.99 Å². The molecule has 23 heavy (non-hydrogen) atoms. The second-order valence-electron chi connectivity index (χ2n) is 6.38. The number of nitrogens with zero attached hydrogens (tertiary/aromatic N) is 1. The molecule has 0 aliphatic heterocycles. The molecule has 2 aromatic rings. The molecule has 0 spiro atoms. The fourth-order valence-corrected chi connectivity index (χ4v) is 2.55. The lowest BCUT2D eigenvalue weighted by molar-refractivity contribution is 0.0268. The van der Waals surface area contributed by atoms with E-state index in [4.69, 9.17) is 4.74 Å². The van der Waals surface area contributed by atoms with Crippen LogP contribution in [0.3, 0.4) is 0 Å². The molecule has 1 aromatic carbocycles. The zero-order valence-corrected chi connectivity index (χ0v) is 14.8. The lowest BCUT2D eigenvalue weighted by atomic mass is 10.1. The number of hydrogen-bond donors (Lipinski definition) is 3. The van der Waals surface area contributed by atoms with Gasteiger partial charge in [-0.15, -0.1) is 0 Å². The summed E-state index contributed by atoms with van der Waals surface area (Å²) in [5.41, 5.74) is 3.62. The number of nitrogens with one attached hydrogen (secondary N) is 3. The van der Waals surface area contributed by atoms with Crippen LogP contribution < -0.4 is 10.6 Å². The van der Waals surface area contributed by atoms with Gasteiger partial charge < -0.3 is 20.4 Å². The van der Waals surface area contributed by atoms with Gasteiger partial charge in [0.2, 0.25) is 0 Å². The fraction of sp³-hybridized carbons (Fsp3) is 0.500. The van der Waals surface area contributed by atoms with Gasteiger partial charge >= 0.3 is 0 Å². The third-order valence-electron chi connectivity index (χ3n) is 4.14. The predicted molar refractivity (Wildman–Crippen MR) is 97.2 cm³/mol. The van der Waals surface area contributed by atoms with E-state index >= 15 is 0 Å². The highest BCUT2D eigenvalue weighted by Gasteiger charge is 2.16. The van der Waals surface area contributed by atoms with Crippen molar-refractivity contribution >= 4 is 16.9 Å². The Hall–Kier alpha value is -2.01. The van der Waals surface area contributed by atoms with Crippen LogP contribution in [0.15, 0.2) is 29.4 Å². The number of fused-ring (bicyclic) bond motifs is 1. The normalized spacial score (nSPS) is 12.7. The van der Waals surface area contributed by atoms with Crippen LogP contribution in [0.2, 0.25) is 0 Å². The molecule has 0 aliphatic carbocycles. The summed E-state index contributed by atoms with van der Waals surface area (Å²) in [5.74, 6) is 0.798. The van der Waals surface area contributed by atoms with Crippen LogP contribution in [0, 0.1) is 6.92 Å². The molecule has 0 bridgehead atoms. The molecule has 0 saturated carbocycles. The Morgan fingerprint density at radius 1 is 1.30 bits per heavy atom. The highest BCUT2D eigenvalue weighted by Crippen LogP contribution is 2.22. The van der Waals surface area contributed by atoms with Crippen LogP contribution in [-0.2, 0) is 11.2 Å². The second-order valence-corrected chi connectivity index (χ2v) is 6.38. The van der Waals surface area contributed by atoms with Crippen molar-refractivity contribution in [3.63, 3.8) is 0 Å². The van der Waals surface area contributed by atoms with E-state index in [9.17, 15) is 0 Å². The number of aryl methyl sites for hydroxylation is 1. The topological polar surface area (TPSA) is 61.4 Å². The molecule has 0 saturated heterocycles. The van der Waals surface area contributed by atoms with Crippen molar-refractivity contribution in [1.82, 2.24) is 15.6 Å². The molecule has 1 heterocycles. The summed E-state index contributed by atoms with van der Waals surface area (Å²) in [6, 6.07) is 6.35. The molecule has 0 atom stereocenters. The number of hydrogen-bond acceptors (Lipinski definition) is 2. The Labute approximate surface area is 138 Å². The van der Waals surface area contributed by atoms with Crippen LogP contribution in [0.25, 0.3) is 10.9 Å². The minimum absolute atomic E-state index is 0.217. The zero-order valence-electron chi connectivity index (χ0n) is 14.8. The summed E-state index contributed by atoms with van der Waals surface area (Å²) in [7, 11) is 3.50. The summed E-state index contributed by atoms with van der Waals surface area (Å²) in [5, 5.41) is 7.98. The molecular weight excluding hydrogens is 288 g/mol. The molecule has 3 N–H and O–H groups in total. The fourth-order valence-electron chi connectivity index (χ4n) is 2.55. The number of methoxy groups -OCH3 is 1.